The van der Waals surface area contributed by atoms with Crippen molar-refractivity contribution in [3.05, 3.63) is 64.2 Å². The summed E-state index contributed by atoms with van der Waals surface area (Å²) in [6.45, 7) is 8.00. The number of halogens is 2. The number of nitrogens with one attached hydrogen (secondary N) is 1. The predicted molar refractivity (Wildman–Crippen MR) is 79.0 cm³/mol. The highest BCUT2D eigenvalue weighted by Gasteiger charge is 2.11. The minimum Gasteiger partial charge on any atom is -0.378 e. The molecule has 20 heavy (non-hydrogen) atoms. The van der Waals surface area contributed by atoms with Crippen LogP contribution in [0.1, 0.15) is 35.2 Å². The summed E-state index contributed by atoms with van der Waals surface area (Å²) < 4.78 is 26.5. The van der Waals surface area contributed by atoms with Gasteiger partial charge in [0.15, 0.2) is 0 Å². The Morgan fingerprint density at radius 3 is 1.85 bits per heavy atom. The van der Waals surface area contributed by atoms with Crippen LogP contribution in [-0.2, 0) is 0 Å². The zero-order valence-electron chi connectivity index (χ0n) is 12.2. The van der Waals surface area contributed by atoms with Crippen LogP contribution in [0, 0.1) is 32.4 Å². The Bertz CT molecular complexity index is 592. The van der Waals surface area contributed by atoms with Crippen molar-refractivity contribution >= 4 is 5.69 Å². The molecule has 106 valence electrons. The van der Waals surface area contributed by atoms with Crippen molar-refractivity contribution in [2.24, 2.45) is 0 Å². The van der Waals surface area contributed by atoms with Gasteiger partial charge in [0, 0.05) is 17.8 Å². The number of aryl methyl sites for hydroxylation is 3. The van der Waals surface area contributed by atoms with Crippen molar-refractivity contribution in [2.45, 2.75) is 33.7 Å². The van der Waals surface area contributed by atoms with E-state index in [4.69, 9.17) is 0 Å². The van der Waals surface area contributed by atoms with Gasteiger partial charge in [-0.1, -0.05) is 17.7 Å². The zero-order valence-corrected chi connectivity index (χ0v) is 12.2. The first-order valence-corrected chi connectivity index (χ1v) is 6.67. The summed E-state index contributed by atoms with van der Waals surface area (Å²) in [4.78, 5) is 0. The smallest absolute Gasteiger partial charge is 0.126 e. The Kier molecular flexibility index (Phi) is 4.07. The maximum Gasteiger partial charge on any atom is 0.126 e. The second kappa shape index (κ2) is 5.61. The second-order valence-corrected chi connectivity index (χ2v) is 5.34. The molecule has 0 bridgehead atoms. The van der Waals surface area contributed by atoms with E-state index in [1.165, 1.54) is 17.7 Å². The second-order valence-electron chi connectivity index (χ2n) is 5.34. The molecule has 0 aromatic heterocycles. The summed E-state index contributed by atoms with van der Waals surface area (Å²) in [7, 11) is 0. The van der Waals surface area contributed by atoms with Crippen molar-refractivity contribution in [1.29, 1.82) is 0 Å². The fraction of sp³-hybridized carbons (Fsp3) is 0.294. The van der Waals surface area contributed by atoms with E-state index in [9.17, 15) is 8.78 Å². The molecule has 0 radical (unpaired) electrons. The van der Waals surface area contributed by atoms with E-state index in [-0.39, 0.29) is 6.04 Å². The molecule has 1 nitrogen and oxygen atoms in total. The molecule has 1 unspecified atom stereocenters. The molecule has 0 aliphatic rings. The van der Waals surface area contributed by atoms with Gasteiger partial charge in [-0.2, -0.15) is 0 Å². The molecule has 2 aromatic rings. The largest absolute Gasteiger partial charge is 0.378 e. The first kappa shape index (κ1) is 14.5. The fourth-order valence-electron chi connectivity index (χ4n) is 2.53. The van der Waals surface area contributed by atoms with E-state index in [1.807, 2.05) is 20.8 Å². The normalized spacial score (nSPS) is 12.3. The lowest BCUT2D eigenvalue weighted by molar-refractivity contribution is 0.577. The molecule has 0 amide bonds. The third-order valence-electron chi connectivity index (χ3n) is 3.42. The fourth-order valence-corrected chi connectivity index (χ4v) is 2.53. The van der Waals surface area contributed by atoms with Gasteiger partial charge < -0.3 is 5.32 Å². The van der Waals surface area contributed by atoms with Crippen LogP contribution < -0.4 is 5.32 Å². The maximum absolute atomic E-state index is 13.3. The van der Waals surface area contributed by atoms with Crippen molar-refractivity contribution in [2.75, 3.05) is 5.32 Å². The molecule has 1 N–H and O–H groups in total. The van der Waals surface area contributed by atoms with E-state index in [0.717, 1.165) is 22.9 Å². The summed E-state index contributed by atoms with van der Waals surface area (Å²) in [6.07, 6.45) is 0. The van der Waals surface area contributed by atoms with Crippen molar-refractivity contribution in [1.82, 2.24) is 0 Å². The molecule has 0 fully saturated rings. The standard InChI is InChI=1S/C17H19F2N/c1-10-5-11(2)17(12(3)6-10)20-13(4)14-7-15(18)9-16(19)8-14/h5-9,13,20H,1-4H3. The Morgan fingerprint density at radius 2 is 1.35 bits per heavy atom. The van der Waals surface area contributed by atoms with Crippen LogP contribution in [0.2, 0.25) is 0 Å². The van der Waals surface area contributed by atoms with Crippen LogP contribution in [0.25, 0.3) is 0 Å². The number of rotatable bonds is 3. The topological polar surface area (TPSA) is 12.0 Å². The molecule has 2 aromatic carbocycles. The van der Waals surface area contributed by atoms with Crippen LogP contribution >= 0.6 is 0 Å². The molecule has 2 rings (SSSR count). The third-order valence-corrected chi connectivity index (χ3v) is 3.42. The van der Waals surface area contributed by atoms with Gasteiger partial charge in [-0.15, -0.1) is 0 Å². The monoisotopic (exact) mass is 275 g/mol. The van der Waals surface area contributed by atoms with E-state index in [0.29, 0.717) is 5.56 Å². The molecule has 3 heteroatoms. The minimum atomic E-state index is -0.550. The Morgan fingerprint density at radius 1 is 0.850 bits per heavy atom. The summed E-state index contributed by atoms with van der Waals surface area (Å²) in [6, 6.07) is 7.63. The highest BCUT2D eigenvalue weighted by Crippen LogP contribution is 2.27. The molecule has 1 atom stereocenters. The molecule has 0 saturated heterocycles. The molecule has 0 spiro atoms. The zero-order chi connectivity index (χ0) is 14.9. The SMILES string of the molecule is Cc1cc(C)c(NC(C)c2cc(F)cc(F)c2)c(C)c1. The quantitative estimate of drug-likeness (QED) is 0.825. The molecule has 0 aliphatic heterocycles. The lowest BCUT2D eigenvalue weighted by atomic mass is 10.0. The van der Waals surface area contributed by atoms with Gasteiger partial charge in [-0.25, -0.2) is 8.78 Å². The predicted octanol–water partition coefficient (Wildman–Crippen LogP) is 5.06. The van der Waals surface area contributed by atoms with E-state index < -0.39 is 11.6 Å². The lowest BCUT2D eigenvalue weighted by Crippen LogP contribution is -2.10. The average molecular weight is 275 g/mol. The molecule has 0 aliphatic carbocycles. The van der Waals surface area contributed by atoms with Gasteiger partial charge in [0.1, 0.15) is 11.6 Å². The summed E-state index contributed by atoms with van der Waals surface area (Å²) in [5.74, 6) is -1.10. The Balaban J connectivity index is 2.30. The lowest BCUT2D eigenvalue weighted by Gasteiger charge is -2.20. The maximum atomic E-state index is 13.3. The first-order valence-electron chi connectivity index (χ1n) is 6.67. The molecule has 0 saturated carbocycles. The Hall–Kier alpha value is -1.90. The van der Waals surface area contributed by atoms with Crippen molar-refractivity contribution in [3.8, 4) is 0 Å². The van der Waals surface area contributed by atoms with Gasteiger partial charge in [-0.05, 0) is 56.5 Å². The van der Waals surface area contributed by atoms with Crippen LogP contribution in [0.15, 0.2) is 30.3 Å². The Labute approximate surface area is 118 Å². The van der Waals surface area contributed by atoms with Gasteiger partial charge >= 0.3 is 0 Å². The van der Waals surface area contributed by atoms with Crippen molar-refractivity contribution in [3.63, 3.8) is 0 Å². The number of hydrogen-bond acceptors (Lipinski definition) is 1. The van der Waals surface area contributed by atoms with Crippen LogP contribution in [0.4, 0.5) is 14.5 Å². The van der Waals surface area contributed by atoms with E-state index in [1.54, 1.807) is 0 Å². The van der Waals surface area contributed by atoms with Crippen LogP contribution in [0.3, 0.4) is 0 Å². The van der Waals surface area contributed by atoms with Gasteiger partial charge in [0.25, 0.3) is 0 Å². The van der Waals surface area contributed by atoms with Crippen LogP contribution in [-0.4, -0.2) is 0 Å². The number of benzene rings is 2. The van der Waals surface area contributed by atoms with Gasteiger partial charge in [0.2, 0.25) is 0 Å². The summed E-state index contributed by atoms with van der Waals surface area (Å²) >= 11 is 0. The van der Waals surface area contributed by atoms with Gasteiger partial charge in [0.05, 0.1) is 0 Å². The highest BCUT2D eigenvalue weighted by atomic mass is 19.1. The van der Waals surface area contributed by atoms with E-state index >= 15 is 0 Å². The molecular weight excluding hydrogens is 256 g/mol. The van der Waals surface area contributed by atoms with E-state index in [2.05, 4.69) is 24.4 Å². The summed E-state index contributed by atoms with van der Waals surface area (Å²) in [5, 5.41) is 3.34. The third kappa shape index (κ3) is 3.16. The van der Waals surface area contributed by atoms with Crippen molar-refractivity contribution < 1.29 is 8.78 Å². The molecule has 0 heterocycles. The number of hydrogen-bond donors (Lipinski definition) is 1. The minimum absolute atomic E-state index is 0.166. The summed E-state index contributed by atoms with van der Waals surface area (Å²) in [5.41, 5.74) is 5.09. The molecular formula is C17H19F2N. The van der Waals surface area contributed by atoms with Crippen LogP contribution in [0.5, 0.6) is 0 Å². The first-order chi connectivity index (χ1) is 9.36. The average Bonchev–Trinajstić information content (AvgIpc) is 2.32. The highest BCUT2D eigenvalue weighted by molar-refractivity contribution is 5.59. The van der Waals surface area contributed by atoms with Gasteiger partial charge in [-0.3, -0.25) is 0 Å². The number of anilines is 1.